The van der Waals surface area contributed by atoms with Gasteiger partial charge in [0.05, 0.1) is 12.7 Å². The van der Waals surface area contributed by atoms with Crippen LogP contribution in [0.1, 0.15) is 35.7 Å². The van der Waals surface area contributed by atoms with Crippen LogP contribution in [0.15, 0.2) is 71.1 Å². The minimum Gasteiger partial charge on any atom is -0.465 e. The number of oxazole rings is 1. The van der Waals surface area contributed by atoms with Gasteiger partial charge >= 0.3 is 5.97 Å². The normalized spacial score (nSPS) is 11.1. The van der Waals surface area contributed by atoms with Crippen molar-refractivity contribution in [2.45, 2.75) is 26.3 Å². The smallest absolute Gasteiger partial charge is 0.337 e. The average molecular weight is 483 g/mol. The van der Waals surface area contributed by atoms with Gasteiger partial charge in [-0.05, 0) is 46.5 Å². The highest BCUT2D eigenvalue weighted by molar-refractivity contribution is 5.93. The summed E-state index contributed by atoms with van der Waals surface area (Å²) in [6.45, 7) is 3.60. The molecule has 2 heterocycles. The number of anilines is 1. The summed E-state index contributed by atoms with van der Waals surface area (Å²) in [7, 11) is 1.36. The number of carbonyl (C=O) groups is 1. The Morgan fingerprint density at radius 2 is 1.86 bits per heavy atom. The van der Waals surface area contributed by atoms with Gasteiger partial charge in [0.15, 0.2) is 5.58 Å². The lowest BCUT2D eigenvalue weighted by Crippen LogP contribution is -2.24. The van der Waals surface area contributed by atoms with Crippen LogP contribution in [0.3, 0.4) is 0 Å². The molecule has 2 aromatic heterocycles. The molecule has 9 heteroatoms. The topological polar surface area (TPSA) is 110 Å². The molecule has 0 aliphatic rings. The molecule has 0 spiro atoms. The molecule has 36 heavy (non-hydrogen) atoms. The molecule has 182 valence electrons. The highest BCUT2D eigenvalue weighted by Crippen LogP contribution is 2.30. The number of tetrazole rings is 1. The fraction of sp³-hybridized carbons (Fsp3) is 0.222. The number of rotatable bonds is 9. The van der Waals surface area contributed by atoms with Crippen LogP contribution in [-0.4, -0.2) is 45.2 Å². The summed E-state index contributed by atoms with van der Waals surface area (Å²) in [5.41, 5.74) is 5.85. The fourth-order valence-corrected chi connectivity index (χ4v) is 4.10. The zero-order chi connectivity index (χ0) is 24.9. The van der Waals surface area contributed by atoms with E-state index < -0.39 is 5.97 Å². The van der Waals surface area contributed by atoms with E-state index in [-0.39, 0.29) is 0 Å². The summed E-state index contributed by atoms with van der Waals surface area (Å²) in [5.74, 6) is 0.164. The van der Waals surface area contributed by atoms with E-state index in [0.717, 1.165) is 41.6 Å². The Labute approximate surface area is 208 Å². The van der Waals surface area contributed by atoms with Crippen molar-refractivity contribution in [3.8, 4) is 22.5 Å². The number of benzene rings is 3. The van der Waals surface area contributed by atoms with Gasteiger partial charge in [-0.25, -0.2) is 4.79 Å². The SMILES string of the molecule is CCCCN(Cc1ccc(-c2ccccc2-c2nn[nH]n2)cc1)c1nc2cc(C(=O)OC)ccc2o1. The van der Waals surface area contributed by atoms with Gasteiger partial charge in [0.1, 0.15) is 5.52 Å². The molecular formula is C27H26N6O3. The second-order valence-corrected chi connectivity index (χ2v) is 8.42. The summed E-state index contributed by atoms with van der Waals surface area (Å²) in [6, 6.07) is 22.1. The third-order valence-corrected chi connectivity index (χ3v) is 6.00. The summed E-state index contributed by atoms with van der Waals surface area (Å²) in [4.78, 5) is 18.7. The fourth-order valence-electron chi connectivity index (χ4n) is 4.10. The van der Waals surface area contributed by atoms with Gasteiger partial charge in [-0.15, -0.1) is 10.2 Å². The number of nitrogens with one attached hydrogen (secondary N) is 1. The first-order valence-electron chi connectivity index (χ1n) is 11.8. The number of aromatic amines is 1. The van der Waals surface area contributed by atoms with Crippen LogP contribution in [0, 0.1) is 0 Å². The van der Waals surface area contributed by atoms with E-state index in [0.29, 0.717) is 35.0 Å². The molecule has 1 N–H and O–H groups in total. The quantitative estimate of drug-likeness (QED) is 0.283. The van der Waals surface area contributed by atoms with Crippen molar-refractivity contribution < 1.29 is 13.9 Å². The summed E-state index contributed by atoms with van der Waals surface area (Å²) >= 11 is 0. The second-order valence-electron chi connectivity index (χ2n) is 8.42. The Morgan fingerprint density at radius 1 is 1.06 bits per heavy atom. The lowest BCUT2D eigenvalue weighted by Gasteiger charge is -2.20. The summed E-state index contributed by atoms with van der Waals surface area (Å²) in [5, 5.41) is 14.5. The first kappa shape index (κ1) is 23.2. The van der Waals surface area contributed by atoms with Crippen molar-refractivity contribution in [1.29, 1.82) is 0 Å². The molecule has 5 rings (SSSR count). The lowest BCUT2D eigenvalue weighted by atomic mass is 9.98. The number of hydrogen-bond donors (Lipinski definition) is 1. The maximum Gasteiger partial charge on any atom is 0.337 e. The van der Waals surface area contributed by atoms with Crippen LogP contribution in [0.2, 0.25) is 0 Å². The lowest BCUT2D eigenvalue weighted by molar-refractivity contribution is 0.0601. The molecule has 5 aromatic rings. The van der Waals surface area contributed by atoms with Crippen molar-refractivity contribution >= 4 is 23.1 Å². The van der Waals surface area contributed by atoms with E-state index in [1.165, 1.54) is 7.11 Å². The molecule has 9 nitrogen and oxygen atoms in total. The first-order chi connectivity index (χ1) is 17.7. The Balaban J connectivity index is 1.40. The number of carbonyl (C=O) groups excluding carboxylic acids is 1. The molecule has 0 unspecified atom stereocenters. The maximum absolute atomic E-state index is 11.9. The van der Waals surface area contributed by atoms with Crippen molar-refractivity contribution in [3.05, 3.63) is 77.9 Å². The molecule has 0 fully saturated rings. The standard InChI is InChI=1S/C27H26N6O3/c1-3-4-15-33(27-28-23-16-20(26(34)35-2)13-14-24(23)36-27)17-18-9-11-19(12-10-18)21-7-5-6-8-22(21)25-29-31-32-30-25/h5-14,16H,3-4,15,17H2,1-2H3,(H,29,30,31,32). The molecule has 0 bridgehead atoms. The number of ether oxygens (including phenoxy) is 1. The van der Waals surface area contributed by atoms with Crippen molar-refractivity contribution in [3.63, 3.8) is 0 Å². The third kappa shape index (κ3) is 4.81. The number of nitrogens with zero attached hydrogens (tertiary/aromatic N) is 5. The first-order valence-corrected chi connectivity index (χ1v) is 11.8. The van der Waals surface area contributed by atoms with Crippen LogP contribution in [-0.2, 0) is 11.3 Å². The van der Waals surface area contributed by atoms with Gasteiger partial charge in [0, 0.05) is 18.7 Å². The zero-order valence-corrected chi connectivity index (χ0v) is 20.1. The highest BCUT2D eigenvalue weighted by Gasteiger charge is 2.17. The number of methoxy groups -OCH3 is 1. The van der Waals surface area contributed by atoms with E-state index in [4.69, 9.17) is 9.15 Å². The number of H-pyrrole nitrogens is 1. The number of unbranched alkanes of at least 4 members (excludes halogenated alkanes) is 1. The minimum atomic E-state index is -0.398. The van der Waals surface area contributed by atoms with E-state index in [1.807, 2.05) is 18.2 Å². The van der Waals surface area contributed by atoms with Gasteiger partial charge in [-0.3, -0.25) is 0 Å². The molecule has 0 saturated carbocycles. The van der Waals surface area contributed by atoms with Gasteiger partial charge in [-0.2, -0.15) is 10.2 Å². The molecule has 0 aliphatic heterocycles. The zero-order valence-electron chi connectivity index (χ0n) is 20.1. The second kappa shape index (κ2) is 10.4. The monoisotopic (exact) mass is 482 g/mol. The largest absolute Gasteiger partial charge is 0.465 e. The van der Waals surface area contributed by atoms with E-state index in [2.05, 4.69) is 67.8 Å². The van der Waals surface area contributed by atoms with Crippen LogP contribution in [0.5, 0.6) is 0 Å². The van der Waals surface area contributed by atoms with Gasteiger partial charge in [0.25, 0.3) is 6.01 Å². The Hall–Kier alpha value is -4.53. The summed E-state index contributed by atoms with van der Waals surface area (Å²) in [6.07, 6.45) is 2.05. The van der Waals surface area contributed by atoms with Crippen molar-refractivity contribution in [1.82, 2.24) is 25.6 Å². The molecule has 0 aliphatic carbocycles. The number of aromatic nitrogens is 5. The number of esters is 1. The molecule has 0 radical (unpaired) electrons. The van der Waals surface area contributed by atoms with E-state index in [9.17, 15) is 4.79 Å². The van der Waals surface area contributed by atoms with Crippen LogP contribution in [0.25, 0.3) is 33.6 Å². The predicted molar refractivity (Wildman–Crippen MR) is 136 cm³/mol. The predicted octanol–water partition coefficient (Wildman–Crippen LogP) is 5.27. The maximum atomic E-state index is 11.9. The Kier molecular flexibility index (Phi) is 6.70. The van der Waals surface area contributed by atoms with Crippen LogP contribution in [0.4, 0.5) is 6.01 Å². The third-order valence-electron chi connectivity index (χ3n) is 6.00. The number of hydrogen-bond acceptors (Lipinski definition) is 8. The van der Waals surface area contributed by atoms with Crippen molar-refractivity contribution in [2.24, 2.45) is 0 Å². The highest BCUT2D eigenvalue weighted by atomic mass is 16.5. The van der Waals surface area contributed by atoms with E-state index >= 15 is 0 Å². The van der Waals surface area contributed by atoms with Crippen molar-refractivity contribution in [2.75, 3.05) is 18.6 Å². The van der Waals surface area contributed by atoms with Gasteiger partial charge in [0.2, 0.25) is 5.82 Å². The molecule has 0 amide bonds. The van der Waals surface area contributed by atoms with Crippen LogP contribution >= 0.6 is 0 Å². The molecule has 0 atom stereocenters. The average Bonchev–Trinajstić information content (AvgIpc) is 3.61. The number of fused-ring (bicyclic) bond motifs is 1. The summed E-state index contributed by atoms with van der Waals surface area (Å²) < 4.78 is 10.9. The Bertz CT molecular complexity index is 1460. The van der Waals surface area contributed by atoms with E-state index in [1.54, 1.807) is 18.2 Å². The van der Waals surface area contributed by atoms with Gasteiger partial charge in [-0.1, -0.05) is 61.9 Å². The molecular weight excluding hydrogens is 456 g/mol. The van der Waals surface area contributed by atoms with Crippen LogP contribution < -0.4 is 4.90 Å². The van der Waals surface area contributed by atoms with Gasteiger partial charge < -0.3 is 14.1 Å². The molecule has 0 saturated heterocycles. The Morgan fingerprint density at radius 3 is 2.58 bits per heavy atom. The molecule has 3 aromatic carbocycles. The minimum absolute atomic E-state index is 0.398.